The molecule has 0 fully saturated rings. The van der Waals surface area contributed by atoms with E-state index < -0.39 is 0 Å². The number of benzene rings is 1. The van der Waals surface area contributed by atoms with Crippen LogP contribution in [0.2, 0.25) is 15.1 Å². The Balaban J connectivity index is 2.48. The molecule has 1 aromatic carbocycles. The largest absolute Gasteiger partial charge is 0.437 e. The van der Waals surface area contributed by atoms with Gasteiger partial charge in [0.1, 0.15) is 10.7 Å². The fourth-order valence-electron chi connectivity index (χ4n) is 1.60. The Labute approximate surface area is 136 Å². The molecule has 0 aliphatic rings. The summed E-state index contributed by atoms with van der Waals surface area (Å²) in [4.78, 5) is 4.32. The molecular formula is C13H9Cl3N2OS. The van der Waals surface area contributed by atoms with E-state index in [9.17, 15) is 0 Å². The van der Waals surface area contributed by atoms with Gasteiger partial charge in [-0.15, -0.1) is 0 Å². The molecule has 0 atom stereocenters. The smallest absolute Gasteiger partial charge is 0.229 e. The lowest BCUT2D eigenvalue weighted by atomic mass is 10.1. The Kier molecular flexibility index (Phi) is 4.70. The number of ether oxygens (including phenoxy) is 1. The highest BCUT2D eigenvalue weighted by molar-refractivity contribution is 7.80. The van der Waals surface area contributed by atoms with Gasteiger partial charge in [-0.25, -0.2) is 4.98 Å². The molecule has 2 aromatic rings. The highest BCUT2D eigenvalue weighted by Crippen LogP contribution is 2.36. The summed E-state index contributed by atoms with van der Waals surface area (Å²) in [6, 6.07) is 4.80. The lowest BCUT2D eigenvalue weighted by Crippen LogP contribution is -2.13. The van der Waals surface area contributed by atoms with E-state index in [0.29, 0.717) is 26.4 Å². The highest BCUT2D eigenvalue weighted by Gasteiger charge is 2.15. The van der Waals surface area contributed by atoms with E-state index in [1.54, 1.807) is 12.3 Å². The molecule has 1 aromatic heterocycles. The van der Waals surface area contributed by atoms with Crippen LogP contribution in [-0.4, -0.2) is 9.97 Å². The summed E-state index contributed by atoms with van der Waals surface area (Å²) >= 11 is 22.9. The molecule has 0 aliphatic heterocycles. The van der Waals surface area contributed by atoms with Gasteiger partial charge in [0.15, 0.2) is 0 Å². The normalized spacial score (nSPS) is 10.4. The van der Waals surface area contributed by atoms with E-state index in [-0.39, 0.29) is 10.9 Å². The van der Waals surface area contributed by atoms with Crippen LogP contribution in [-0.2, 0) is 0 Å². The van der Waals surface area contributed by atoms with E-state index in [1.165, 1.54) is 12.1 Å². The van der Waals surface area contributed by atoms with Crippen LogP contribution >= 0.6 is 47.0 Å². The topological polar surface area (TPSA) is 48.1 Å². The second kappa shape index (κ2) is 6.14. The number of nitrogens with two attached hydrogens (primary N) is 1. The van der Waals surface area contributed by atoms with E-state index in [1.807, 2.05) is 6.92 Å². The van der Waals surface area contributed by atoms with Crippen LogP contribution in [0.4, 0.5) is 0 Å². The monoisotopic (exact) mass is 346 g/mol. The number of thiocarbonyl (C=S) groups is 1. The fourth-order valence-corrected chi connectivity index (χ4v) is 2.42. The van der Waals surface area contributed by atoms with Crippen LogP contribution in [0.25, 0.3) is 0 Å². The number of hydrogen-bond acceptors (Lipinski definition) is 3. The maximum atomic E-state index is 6.06. The van der Waals surface area contributed by atoms with Crippen molar-refractivity contribution in [3.8, 4) is 11.6 Å². The quantitative estimate of drug-likeness (QED) is 0.641. The third kappa shape index (κ3) is 3.15. The number of hydrogen-bond donors (Lipinski definition) is 1. The van der Waals surface area contributed by atoms with Gasteiger partial charge in [0.05, 0.1) is 20.6 Å². The van der Waals surface area contributed by atoms with Crippen LogP contribution in [0.5, 0.6) is 11.6 Å². The molecule has 0 saturated carbocycles. The van der Waals surface area contributed by atoms with Gasteiger partial charge in [0.2, 0.25) is 5.88 Å². The van der Waals surface area contributed by atoms with Crippen molar-refractivity contribution in [2.75, 3.05) is 0 Å². The number of aryl methyl sites for hydroxylation is 1. The van der Waals surface area contributed by atoms with E-state index in [0.717, 1.165) is 5.56 Å². The molecule has 0 radical (unpaired) electrons. The molecule has 2 N–H and O–H groups in total. The first-order chi connectivity index (χ1) is 9.40. The van der Waals surface area contributed by atoms with Crippen molar-refractivity contribution >= 4 is 52.0 Å². The molecule has 2 rings (SSSR count). The molecule has 0 bridgehead atoms. The van der Waals surface area contributed by atoms with E-state index in [2.05, 4.69) is 4.98 Å². The molecule has 0 aliphatic carbocycles. The molecule has 0 spiro atoms. The van der Waals surface area contributed by atoms with Gasteiger partial charge in [-0.05, 0) is 24.6 Å². The van der Waals surface area contributed by atoms with Crippen molar-refractivity contribution in [3.63, 3.8) is 0 Å². The summed E-state index contributed by atoms with van der Waals surface area (Å²) in [7, 11) is 0. The van der Waals surface area contributed by atoms with Crippen LogP contribution < -0.4 is 10.5 Å². The van der Waals surface area contributed by atoms with Crippen molar-refractivity contribution in [1.82, 2.24) is 4.98 Å². The second-order valence-electron chi connectivity index (χ2n) is 3.97. The second-order valence-corrected chi connectivity index (χ2v) is 5.63. The van der Waals surface area contributed by atoms with Crippen LogP contribution in [0.15, 0.2) is 24.4 Å². The molecule has 7 heteroatoms. The number of aromatic nitrogens is 1. The van der Waals surface area contributed by atoms with Crippen molar-refractivity contribution in [3.05, 3.63) is 50.6 Å². The minimum atomic E-state index is 0.196. The molecule has 20 heavy (non-hydrogen) atoms. The van der Waals surface area contributed by atoms with Crippen molar-refractivity contribution < 1.29 is 4.74 Å². The van der Waals surface area contributed by atoms with E-state index >= 15 is 0 Å². The molecule has 0 unspecified atom stereocenters. The van der Waals surface area contributed by atoms with Gasteiger partial charge < -0.3 is 10.5 Å². The van der Waals surface area contributed by atoms with Gasteiger partial charge >= 0.3 is 0 Å². The van der Waals surface area contributed by atoms with Crippen LogP contribution in [0, 0.1) is 6.92 Å². The molecule has 1 heterocycles. The lowest BCUT2D eigenvalue weighted by Gasteiger charge is -2.12. The van der Waals surface area contributed by atoms with Gasteiger partial charge in [0, 0.05) is 12.3 Å². The van der Waals surface area contributed by atoms with Crippen molar-refractivity contribution in [2.45, 2.75) is 6.92 Å². The van der Waals surface area contributed by atoms with Gasteiger partial charge in [0.25, 0.3) is 0 Å². The summed E-state index contributed by atoms with van der Waals surface area (Å²) in [6.45, 7) is 1.86. The minimum absolute atomic E-state index is 0.196. The summed E-state index contributed by atoms with van der Waals surface area (Å²) in [6.07, 6.45) is 1.60. The Hall–Kier alpha value is -1.07. The zero-order valence-electron chi connectivity index (χ0n) is 10.3. The molecular weight excluding hydrogens is 339 g/mol. The molecule has 104 valence electrons. The zero-order valence-corrected chi connectivity index (χ0v) is 13.4. The summed E-state index contributed by atoms with van der Waals surface area (Å²) in [5, 5.41) is 0.989. The number of halogens is 3. The van der Waals surface area contributed by atoms with Crippen LogP contribution in [0.1, 0.15) is 11.1 Å². The first kappa shape index (κ1) is 15.3. The Morgan fingerprint density at radius 1 is 1.20 bits per heavy atom. The van der Waals surface area contributed by atoms with Crippen LogP contribution in [0.3, 0.4) is 0 Å². The zero-order chi connectivity index (χ0) is 14.9. The predicted octanol–water partition coefficient (Wildman–Crippen LogP) is 4.78. The first-order valence-electron chi connectivity index (χ1n) is 5.48. The highest BCUT2D eigenvalue weighted by atomic mass is 35.5. The average Bonchev–Trinajstić information content (AvgIpc) is 2.35. The Morgan fingerprint density at radius 2 is 1.85 bits per heavy atom. The van der Waals surface area contributed by atoms with Gasteiger partial charge in [-0.2, -0.15) is 0 Å². The molecule has 0 saturated heterocycles. The number of pyridine rings is 1. The maximum absolute atomic E-state index is 6.06. The third-order valence-electron chi connectivity index (χ3n) is 2.55. The Morgan fingerprint density at radius 3 is 2.50 bits per heavy atom. The standard InChI is InChI=1S/C13H9Cl3N2OS/c1-6-2-3-18-13(11(6)12(17)20)19-10-5-8(15)7(14)4-9(10)16/h2-5H,1H3,(H2,17,20). The third-order valence-corrected chi connectivity index (χ3v) is 3.77. The maximum Gasteiger partial charge on any atom is 0.229 e. The molecule has 0 amide bonds. The lowest BCUT2D eigenvalue weighted by molar-refractivity contribution is 0.462. The summed E-state index contributed by atoms with van der Waals surface area (Å²) < 4.78 is 5.66. The van der Waals surface area contributed by atoms with Crippen molar-refractivity contribution in [2.24, 2.45) is 5.73 Å². The minimum Gasteiger partial charge on any atom is -0.437 e. The summed E-state index contributed by atoms with van der Waals surface area (Å²) in [5.41, 5.74) is 7.11. The molecule has 3 nitrogen and oxygen atoms in total. The van der Waals surface area contributed by atoms with E-state index in [4.69, 9.17) is 57.5 Å². The first-order valence-corrected chi connectivity index (χ1v) is 7.02. The predicted molar refractivity (Wildman–Crippen MR) is 86.4 cm³/mol. The number of rotatable bonds is 3. The number of nitrogens with zero attached hydrogens (tertiary/aromatic N) is 1. The SMILES string of the molecule is Cc1ccnc(Oc2cc(Cl)c(Cl)cc2Cl)c1C(N)=S. The van der Waals surface area contributed by atoms with Gasteiger partial charge in [-0.1, -0.05) is 47.0 Å². The van der Waals surface area contributed by atoms with Crippen molar-refractivity contribution in [1.29, 1.82) is 0 Å². The van der Waals surface area contributed by atoms with Gasteiger partial charge in [-0.3, -0.25) is 0 Å². The summed E-state index contributed by atoms with van der Waals surface area (Å²) in [5.74, 6) is 0.606. The Bertz CT molecular complexity index is 692. The fraction of sp³-hybridized carbons (Fsp3) is 0.0769. The average molecular weight is 348 g/mol.